The van der Waals surface area contributed by atoms with Gasteiger partial charge in [0, 0.05) is 21.8 Å². The van der Waals surface area contributed by atoms with E-state index < -0.39 is 0 Å². The van der Waals surface area contributed by atoms with Crippen LogP contribution in [-0.2, 0) is 6.54 Å². The minimum Gasteiger partial charge on any atom is -0.369 e. The van der Waals surface area contributed by atoms with E-state index in [-0.39, 0.29) is 0 Å². The van der Waals surface area contributed by atoms with Crippen molar-refractivity contribution in [3.8, 4) is 0 Å². The Kier molecular flexibility index (Phi) is 4.38. The van der Waals surface area contributed by atoms with Crippen molar-refractivity contribution in [2.45, 2.75) is 6.54 Å². The molecule has 1 aromatic heterocycles. The standard InChI is InChI=1S/C13H14BrN3S/c1-17(8-12-7-10(14)9-18-12)13(15)16-11-5-3-2-4-6-11/h2-7,9H,8H2,1H3,(H2,15,16). The highest BCUT2D eigenvalue weighted by Gasteiger charge is 2.05. The van der Waals surface area contributed by atoms with Gasteiger partial charge in [-0.25, -0.2) is 4.99 Å². The Hall–Kier alpha value is -1.33. The molecule has 94 valence electrons. The normalized spacial score (nSPS) is 11.6. The van der Waals surface area contributed by atoms with Crippen molar-refractivity contribution < 1.29 is 0 Å². The summed E-state index contributed by atoms with van der Waals surface area (Å²) in [6.07, 6.45) is 0. The van der Waals surface area contributed by atoms with E-state index in [1.165, 1.54) is 4.88 Å². The first kappa shape index (κ1) is 13.1. The maximum absolute atomic E-state index is 5.97. The highest BCUT2D eigenvalue weighted by Crippen LogP contribution is 2.21. The van der Waals surface area contributed by atoms with E-state index in [1.807, 2.05) is 42.3 Å². The molecule has 0 fully saturated rings. The van der Waals surface area contributed by atoms with Gasteiger partial charge in [0.25, 0.3) is 0 Å². The monoisotopic (exact) mass is 323 g/mol. The molecular formula is C13H14BrN3S. The van der Waals surface area contributed by atoms with Gasteiger partial charge in [0.1, 0.15) is 0 Å². The van der Waals surface area contributed by atoms with Gasteiger partial charge in [0.15, 0.2) is 5.96 Å². The van der Waals surface area contributed by atoms with Gasteiger partial charge in [-0.2, -0.15) is 0 Å². The van der Waals surface area contributed by atoms with E-state index in [0.717, 1.165) is 16.7 Å². The molecule has 0 saturated carbocycles. The largest absolute Gasteiger partial charge is 0.369 e. The number of rotatable bonds is 3. The number of benzene rings is 1. The van der Waals surface area contributed by atoms with Crippen LogP contribution in [0, 0.1) is 0 Å². The van der Waals surface area contributed by atoms with Crippen LogP contribution in [0.4, 0.5) is 5.69 Å². The average Bonchev–Trinajstić information content (AvgIpc) is 2.76. The van der Waals surface area contributed by atoms with Gasteiger partial charge in [0.2, 0.25) is 0 Å². The Morgan fingerprint density at radius 1 is 1.39 bits per heavy atom. The molecule has 0 spiro atoms. The summed E-state index contributed by atoms with van der Waals surface area (Å²) in [5.41, 5.74) is 6.84. The van der Waals surface area contributed by atoms with Gasteiger partial charge in [-0.15, -0.1) is 11.3 Å². The van der Waals surface area contributed by atoms with Gasteiger partial charge in [-0.1, -0.05) is 18.2 Å². The first-order chi connectivity index (χ1) is 8.65. The first-order valence-electron chi connectivity index (χ1n) is 5.48. The Labute approximate surface area is 119 Å². The van der Waals surface area contributed by atoms with Crippen LogP contribution in [-0.4, -0.2) is 17.9 Å². The molecule has 2 aromatic rings. The van der Waals surface area contributed by atoms with Gasteiger partial charge >= 0.3 is 0 Å². The molecule has 0 radical (unpaired) electrons. The molecule has 0 saturated heterocycles. The van der Waals surface area contributed by atoms with E-state index in [0.29, 0.717) is 5.96 Å². The summed E-state index contributed by atoms with van der Waals surface area (Å²) in [5, 5.41) is 2.06. The lowest BCUT2D eigenvalue weighted by Gasteiger charge is -2.16. The summed E-state index contributed by atoms with van der Waals surface area (Å²) in [5.74, 6) is 0.519. The molecular weight excluding hydrogens is 310 g/mol. The SMILES string of the molecule is CN(Cc1cc(Br)cs1)C(N)=Nc1ccccc1. The lowest BCUT2D eigenvalue weighted by atomic mass is 10.3. The summed E-state index contributed by atoms with van der Waals surface area (Å²) < 4.78 is 1.11. The minimum absolute atomic E-state index is 0.519. The lowest BCUT2D eigenvalue weighted by Crippen LogP contribution is -2.32. The quantitative estimate of drug-likeness (QED) is 0.692. The van der Waals surface area contributed by atoms with Crippen LogP contribution in [0.25, 0.3) is 0 Å². The second-order valence-corrected chi connectivity index (χ2v) is 5.80. The van der Waals surface area contributed by atoms with Crippen LogP contribution in [0.3, 0.4) is 0 Å². The molecule has 0 bridgehead atoms. The summed E-state index contributed by atoms with van der Waals surface area (Å²) in [4.78, 5) is 7.56. The van der Waals surface area contributed by atoms with Crippen molar-refractivity contribution in [3.05, 3.63) is 51.1 Å². The second-order valence-electron chi connectivity index (χ2n) is 3.89. The molecule has 0 aliphatic carbocycles. The number of nitrogens with two attached hydrogens (primary N) is 1. The van der Waals surface area contributed by atoms with Gasteiger partial charge < -0.3 is 10.6 Å². The molecule has 0 unspecified atom stereocenters. The summed E-state index contributed by atoms with van der Waals surface area (Å²) in [7, 11) is 1.94. The molecule has 3 nitrogen and oxygen atoms in total. The third-order valence-electron chi connectivity index (χ3n) is 2.41. The van der Waals surface area contributed by atoms with E-state index >= 15 is 0 Å². The number of hydrogen-bond acceptors (Lipinski definition) is 2. The second kappa shape index (κ2) is 6.02. The molecule has 0 aliphatic rings. The zero-order chi connectivity index (χ0) is 13.0. The summed E-state index contributed by atoms with van der Waals surface area (Å²) in [6, 6.07) is 11.8. The average molecular weight is 324 g/mol. The zero-order valence-corrected chi connectivity index (χ0v) is 12.4. The van der Waals surface area contributed by atoms with E-state index in [1.54, 1.807) is 11.3 Å². The lowest BCUT2D eigenvalue weighted by molar-refractivity contribution is 0.500. The molecule has 0 aliphatic heterocycles. The number of guanidine groups is 1. The number of para-hydroxylation sites is 1. The van der Waals surface area contributed by atoms with Crippen LogP contribution < -0.4 is 5.73 Å². The molecule has 18 heavy (non-hydrogen) atoms. The van der Waals surface area contributed by atoms with Crippen molar-refractivity contribution in [2.75, 3.05) is 7.05 Å². The van der Waals surface area contributed by atoms with E-state index in [2.05, 4.69) is 32.4 Å². The fourth-order valence-electron chi connectivity index (χ4n) is 1.47. The predicted molar refractivity (Wildman–Crippen MR) is 81.2 cm³/mol. The van der Waals surface area contributed by atoms with Crippen molar-refractivity contribution in [2.24, 2.45) is 10.7 Å². The highest BCUT2D eigenvalue weighted by atomic mass is 79.9. The van der Waals surface area contributed by atoms with Crippen molar-refractivity contribution in [1.82, 2.24) is 4.90 Å². The fraction of sp³-hybridized carbons (Fsp3) is 0.154. The molecule has 2 rings (SSSR count). The van der Waals surface area contributed by atoms with E-state index in [9.17, 15) is 0 Å². The third-order valence-corrected chi connectivity index (χ3v) is 4.09. The number of hydrogen-bond donors (Lipinski definition) is 1. The number of aliphatic imine (C=N–C) groups is 1. The molecule has 5 heteroatoms. The van der Waals surface area contributed by atoms with Crippen LogP contribution in [0.1, 0.15) is 4.88 Å². The molecule has 1 aromatic carbocycles. The van der Waals surface area contributed by atoms with Crippen LogP contribution in [0.2, 0.25) is 0 Å². The Morgan fingerprint density at radius 2 is 2.11 bits per heavy atom. The molecule has 1 heterocycles. The fourth-order valence-corrected chi connectivity index (χ4v) is 2.98. The zero-order valence-electron chi connectivity index (χ0n) is 10.0. The van der Waals surface area contributed by atoms with Crippen LogP contribution >= 0.6 is 27.3 Å². The third kappa shape index (κ3) is 3.58. The van der Waals surface area contributed by atoms with Crippen molar-refractivity contribution in [3.63, 3.8) is 0 Å². The number of nitrogens with zero attached hydrogens (tertiary/aromatic N) is 2. The maximum Gasteiger partial charge on any atom is 0.196 e. The molecule has 0 atom stereocenters. The number of thiophene rings is 1. The molecule has 0 amide bonds. The minimum atomic E-state index is 0.519. The Bertz CT molecular complexity index is 536. The Morgan fingerprint density at radius 3 is 2.72 bits per heavy atom. The number of halogens is 1. The van der Waals surface area contributed by atoms with E-state index in [4.69, 9.17) is 5.73 Å². The summed E-state index contributed by atoms with van der Waals surface area (Å²) >= 11 is 5.15. The van der Waals surface area contributed by atoms with Crippen molar-refractivity contribution >= 4 is 38.9 Å². The topological polar surface area (TPSA) is 41.6 Å². The first-order valence-corrected chi connectivity index (χ1v) is 7.15. The van der Waals surface area contributed by atoms with Gasteiger partial charge in [-0.05, 0) is 34.1 Å². The summed E-state index contributed by atoms with van der Waals surface area (Å²) in [6.45, 7) is 0.762. The van der Waals surface area contributed by atoms with Crippen LogP contribution in [0.15, 0.2) is 51.2 Å². The molecule has 2 N–H and O–H groups in total. The van der Waals surface area contributed by atoms with Gasteiger partial charge in [-0.3, -0.25) is 0 Å². The highest BCUT2D eigenvalue weighted by molar-refractivity contribution is 9.10. The van der Waals surface area contributed by atoms with Crippen LogP contribution in [0.5, 0.6) is 0 Å². The van der Waals surface area contributed by atoms with Gasteiger partial charge in [0.05, 0.1) is 12.2 Å². The van der Waals surface area contributed by atoms with Crippen molar-refractivity contribution in [1.29, 1.82) is 0 Å². The Balaban J connectivity index is 2.05. The smallest absolute Gasteiger partial charge is 0.196 e. The maximum atomic E-state index is 5.97. The predicted octanol–water partition coefficient (Wildman–Crippen LogP) is 3.59.